The molecule has 124 valence electrons. The van der Waals surface area contributed by atoms with Gasteiger partial charge in [0, 0.05) is 18.1 Å². The first-order valence-electron chi connectivity index (χ1n) is 8.46. The van der Waals surface area contributed by atoms with E-state index in [9.17, 15) is 13.2 Å². The Morgan fingerprint density at radius 2 is 1.95 bits per heavy atom. The molecule has 0 radical (unpaired) electrons. The summed E-state index contributed by atoms with van der Waals surface area (Å²) in [6.45, 7) is 3.44. The normalized spacial score (nSPS) is 35.9. The summed E-state index contributed by atoms with van der Waals surface area (Å²) in [4.78, 5) is 2.37. The number of hydrogen-bond donors (Lipinski definition) is 1. The summed E-state index contributed by atoms with van der Waals surface area (Å²) >= 11 is 0. The Morgan fingerprint density at radius 3 is 2.57 bits per heavy atom. The number of alkyl halides is 3. The molecule has 1 saturated carbocycles. The van der Waals surface area contributed by atoms with Crippen LogP contribution in [0.4, 0.5) is 13.2 Å². The van der Waals surface area contributed by atoms with Crippen molar-refractivity contribution in [3.63, 3.8) is 0 Å². The molecule has 0 aromatic carbocycles. The molecule has 2 rings (SSSR count). The van der Waals surface area contributed by atoms with Crippen LogP contribution in [0.1, 0.15) is 64.7 Å². The lowest BCUT2D eigenvalue weighted by molar-refractivity contribution is -0.196. The SMILES string of the molecule is CCCC1CCCCN1C1(CN)CCCC(C(F)(F)F)C1. The molecular formula is C16H29F3N2. The molecule has 5 heteroatoms. The minimum absolute atomic E-state index is 0.202. The highest BCUT2D eigenvalue weighted by atomic mass is 19.4. The summed E-state index contributed by atoms with van der Waals surface area (Å²) in [5, 5.41) is 0. The van der Waals surface area contributed by atoms with Crippen LogP contribution in [-0.4, -0.2) is 35.7 Å². The fraction of sp³-hybridized carbons (Fsp3) is 1.00. The predicted molar refractivity (Wildman–Crippen MR) is 79.1 cm³/mol. The van der Waals surface area contributed by atoms with Crippen molar-refractivity contribution in [2.45, 2.75) is 82.5 Å². The second kappa shape index (κ2) is 6.86. The van der Waals surface area contributed by atoms with Crippen LogP contribution < -0.4 is 5.73 Å². The Kier molecular flexibility index (Phi) is 5.58. The first kappa shape index (κ1) is 17.1. The van der Waals surface area contributed by atoms with E-state index in [0.717, 1.165) is 38.6 Å². The van der Waals surface area contributed by atoms with Crippen molar-refractivity contribution >= 4 is 0 Å². The predicted octanol–water partition coefficient (Wildman–Crippen LogP) is 4.09. The van der Waals surface area contributed by atoms with Gasteiger partial charge in [-0.1, -0.05) is 26.2 Å². The molecule has 1 saturated heterocycles. The maximum atomic E-state index is 13.2. The van der Waals surface area contributed by atoms with Gasteiger partial charge in [-0.3, -0.25) is 4.90 Å². The molecule has 21 heavy (non-hydrogen) atoms. The van der Waals surface area contributed by atoms with Crippen molar-refractivity contribution in [1.29, 1.82) is 0 Å². The van der Waals surface area contributed by atoms with Crippen LogP contribution in [0.25, 0.3) is 0 Å². The molecule has 2 nitrogen and oxygen atoms in total. The molecule has 1 heterocycles. The lowest BCUT2D eigenvalue weighted by Gasteiger charge is -2.53. The minimum atomic E-state index is -4.07. The van der Waals surface area contributed by atoms with Crippen molar-refractivity contribution in [3.8, 4) is 0 Å². The van der Waals surface area contributed by atoms with E-state index in [1.165, 1.54) is 6.42 Å². The van der Waals surface area contributed by atoms with E-state index in [0.29, 0.717) is 19.0 Å². The maximum absolute atomic E-state index is 13.2. The van der Waals surface area contributed by atoms with Crippen LogP contribution >= 0.6 is 0 Å². The van der Waals surface area contributed by atoms with Crippen LogP contribution in [0.3, 0.4) is 0 Å². The van der Waals surface area contributed by atoms with E-state index >= 15 is 0 Å². The number of rotatable bonds is 4. The molecule has 2 N–H and O–H groups in total. The molecule has 0 spiro atoms. The zero-order valence-corrected chi connectivity index (χ0v) is 13.1. The second-order valence-corrected chi connectivity index (χ2v) is 6.90. The fourth-order valence-electron chi connectivity index (χ4n) is 4.44. The Labute approximate surface area is 126 Å². The smallest absolute Gasteiger partial charge is 0.329 e. The molecule has 1 aliphatic heterocycles. The van der Waals surface area contributed by atoms with Gasteiger partial charge < -0.3 is 5.73 Å². The van der Waals surface area contributed by atoms with Crippen LogP contribution in [0.2, 0.25) is 0 Å². The van der Waals surface area contributed by atoms with Crippen molar-refractivity contribution < 1.29 is 13.2 Å². The number of hydrogen-bond acceptors (Lipinski definition) is 2. The highest BCUT2D eigenvalue weighted by Crippen LogP contribution is 2.45. The van der Waals surface area contributed by atoms with E-state index in [2.05, 4.69) is 11.8 Å². The van der Waals surface area contributed by atoms with Gasteiger partial charge in [-0.25, -0.2) is 0 Å². The maximum Gasteiger partial charge on any atom is 0.391 e. The Morgan fingerprint density at radius 1 is 1.19 bits per heavy atom. The first-order valence-corrected chi connectivity index (χ1v) is 8.46. The number of nitrogens with two attached hydrogens (primary N) is 1. The van der Waals surface area contributed by atoms with Gasteiger partial charge in [0.25, 0.3) is 0 Å². The summed E-state index contributed by atoms with van der Waals surface area (Å²) < 4.78 is 39.5. The average molecular weight is 306 g/mol. The highest BCUT2D eigenvalue weighted by Gasteiger charge is 2.50. The number of nitrogens with zero attached hydrogens (tertiary/aromatic N) is 1. The molecule has 0 bridgehead atoms. The second-order valence-electron chi connectivity index (χ2n) is 6.90. The van der Waals surface area contributed by atoms with Crippen molar-refractivity contribution in [2.75, 3.05) is 13.1 Å². The largest absolute Gasteiger partial charge is 0.391 e. The number of piperidine rings is 1. The zero-order valence-electron chi connectivity index (χ0n) is 13.1. The molecule has 3 atom stereocenters. The molecular weight excluding hydrogens is 277 g/mol. The van der Waals surface area contributed by atoms with E-state index in [1.807, 2.05) is 0 Å². The molecule has 2 fully saturated rings. The van der Waals surface area contributed by atoms with Crippen molar-refractivity contribution in [2.24, 2.45) is 11.7 Å². The van der Waals surface area contributed by atoms with Crippen LogP contribution in [0, 0.1) is 5.92 Å². The van der Waals surface area contributed by atoms with Crippen molar-refractivity contribution in [1.82, 2.24) is 4.90 Å². The van der Waals surface area contributed by atoms with Gasteiger partial charge in [-0.15, -0.1) is 0 Å². The minimum Gasteiger partial charge on any atom is -0.329 e. The number of likely N-dealkylation sites (tertiary alicyclic amines) is 1. The lowest BCUT2D eigenvalue weighted by Crippen LogP contribution is -2.62. The van der Waals surface area contributed by atoms with Crippen LogP contribution in [-0.2, 0) is 0 Å². The molecule has 0 aromatic rings. The third kappa shape index (κ3) is 3.73. The van der Waals surface area contributed by atoms with Gasteiger partial charge in [0.05, 0.1) is 5.92 Å². The monoisotopic (exact) mass is 306 g/mol. The van der Waals surface area contributed by atoms with Gasteiger partial charge in [0.2, 0.25) is 0 Å². The van der Waals surface area contributed by atoms with Crippen LogP contribution in [0.15, 0.2) is 0 Å². The summed E-state index contributed by atoms with van der Waals surface area (Å²) in [7, 11) is 0. The average Bonchev–Trinajstić information content (AvgIpc) is 2.47. The molecule has 0 aromatic heterocycles. The van der Waals surface area contributed by atoms with Gasteiger partial charge in [-0.05, 0) is 45.1 Å². The Hall–Kier alpha value is -0.290. The third-order valence-electron chi connectivity index (χ3n) is 5.52. The van der Waals surface area contributed by atoms with E-state index in [1.54, 1.807) is 0 Å². The zero-order chi connectivity index (χ0) is 15.5. The Bertz CT molecular complexity index is 330. The molecule has 1 aliphatic carbocycles. The van der Waals surface area contributed by atoms with Gasteiger partial charge in [0.15, 0.2) is 0 Å². The third-order valence-corrected chi connectivity index (χ3v) is 5.52. The fourth-order valence-corrected chi connectivity index (χ4v) is 4.44. The summed E-state index contributed by atoms with van der Waals surface area (Å²) in [6, 6.07) is 0.430. The first-order chi connectivity index (χ1) is 9.93. The molecule has 3 unspecified atom stereocenters. The quantitative estimate of drug-likeness (QED) is 0.847. The summed E-state index contributed by atoms with van der Waals surface area (Å²) in [5.74, 6) is -1.17. The summed E-state index contributed by atoms with van der Waals surface area (Å²) in [6.07, 6.45) is 3.47. The van der Waals surface area contributed by atoms with Gasteiger partial charge in [0.1, 0.15) is 0 Å². The molecule has 2 aliphatic rings. The van der Waals surface area contributed by atoms with E-state index in [4.69, 9.17) is 5.73 Å². The van der Waals surface area contributed by atoms with Crippen molar-refractivity contribution in [3.05, 3.63) is 0 Å². The highest BCUT2D eigenvalue weighted by molar-refractivity contribution is 5.01. The van der Waals surface area contributed by atoms with E-state index < -0.39 is 17.6 Å². The Balaban J connectivity index is 2.18. The standard InChI is InChI=1S/C16H29F3N2/c1-2-6-14-8-3-4-10-21(14)15(12-20)9-5-7-13(11-15)16(17,18)19/h13-14H,2-12,20H2,1H3. The van der Waals surface area contributed by atoms with Crippen LogP contribution in [0.5, 0.6) is 0 Å². The topological polar surface area (TPSA) is 29.3 Å². The van der Waals surface area contributed by atoms with Gasteiger partial charge in [-0.2, -0.15) is 13.2 Å². The molecule has 0 amide bonds. The van der Waals surface area contributed by atoms with Gasteiger partial charge >= 0.3 is 6.18 Å². The lowest BCUT2D eigenvalue weighted by atomic mass is 9.72. The van der Waals surface area contributed by atoms with E-state index in [-0.39, 0.29) is 12.8 Å². The number of halogens is 3. The summed E-state index contributed by atoms with van der Waals surface area (Å²) in [5.41, 5.74) is 5.61.